The highest BCUT2D eigenvalue weighted by Crippen LogP contribution is 2.12. The molecule has 1 unspecified atom stereocenters. The van der Waals surface area contributed by atoms with Crippen LogP contribution in [0.3, 0.4) is 0 Å². The molecule has 1 heterocycles. The van der Waals surface area contributed by atoms with E-state index >= 15 is 0 Å². The van der Waals surface area contributed by atoms with Crippen molar-refractivity contribution in [1.82, 2.24) is 10.6 Å². The van der Waals surface area contributed by atoms with E-state index in [1.807, 2.05) is 0 Å². The Kier molecular flexibility index (Phi) is 11.6. The number of ether oxygens (including phenoxy) is 2. The Hall–Kier alpha value is -1.59. The standard InChI is InChI=1S/C22H37N3O2/c1-2-23-22(25-15-9-16-26-18-21-13-17-27-19-21)24-14-8-4-7-12-20-10-5-3-6-11-20/h3,5-6,10-11,21H,2,4,7-9,12-19H2,1H3,(H2,23,24,25). The van der Waals surface area contributed by atoms with Crippen LogP contribution in [0.5, 0.6) is 0 Å². The van der Waals surface area contributed by atoms with Gasteiger partial charge < -0.3 is 20.1 Å². The van der Waals surface area contributed by atoms with Gasteiger partial charge in [0, 0.05) is 38.8 Å². The fourth-order valence-electron chi connectivity index (χ4n) is 3.15. The zero-order valence-corrected chi connectivity index (χ0v) is 16.9. The molecular formula is C22H37N3O2. The highest BCUT2D eigenvalue weighted by atomic mass is 16.5. The number of benzene rings is 1. The Balaban J connectivity index is 1.48. The van der Waals surface area contributed by atoms with Crippen LogP contribution in [0.4, 0.5) is 0 Å². The number of hydrogen-bond acceptors (Lipinski definition) is 3. The largest absolute Gasteiger partial charge is 0.381 e. The monoisotopic (exact) mass is 375 g/mol. The minimum Gasteiger partial charge on any atom is -0.381 e. The van der Waals surface area contributed by atoms with E-state index in [9.17, 15) is 0 Å². The molecule has 0 aliphatic carbocycles. The van der Waals surface area contributed by atoms with E-state index in [-0.39, 0.29) is 0 Å². The molecule has 2 rings (SSSR count). The molecule has 1 saturated heterocycles. The van der Waals surface area contributed by atoms with Gasteiger partial charge in [0.1, 0.15) is 0 Å². The number of nitrogens with one attached hydrogen (secondary N) is 2. The Bertz CT molecular complexity index is 502. The van der Waals surface area contributed by atoms with Crippen LogP contribution >= 0.6 is 0 Å². The molecule has 1 aliphatic rings. The highest BCUT2D eigenvalue weighted by Gasteiger charge is 2.15. The molecule has 2 N–H and O–H groups in total. The average molecular weight is 376 g/mol. The van der Waals surface area contributed by atoms with Crippen LogP contribution in [0, 0.1) is 5.92 Å². The molecule has 1 aromatic rings. The van der Waals surface area contributed by atoms with Crippen molar-refractivity contribution in [3.8, 4) is 0 Å². The summed E-state index contributed by atoms with van der Waals surface area (Å²) in [6, 6.07) is 10.7. The molecular weight excluding hydrogens is 338 g/mol. The Morgan fingerprint density at radius 1 is 1.15 bits per heavy atom. The molecule has 1 fully saturated rings. The van der Waals surface area contributed by atoms with E-state index in [1.54, 1.807) is 0 Å². The van der Waals surface area contributed by atoms with E-state index in [1.165, 1.54) is 31.2 Å². The van der Waals surface area contributed by atoms with Gasteiger partial charge in [0.05, 0.1) is 13.2 Å². The Morgan fingerprint density at radius 3 is 2.81 bits per heavy atom. The summed E-state index contributed by atoms with van der Waals surface area (Å²) in [7, 11) is 0. The third kappa shape index (κ3) is 10.4. The summed E-state index contributed by atoms with van der Waals surface area (Å²) in [6.45, 7) is 8.11. The number of rotatable bonds is 13. The van der Waals surface area contributed by atoms with Crippen molar-refractivity contribution in [1.29, 1.82) is 0 Å². The lowest BCUT2D eigenvalue weighted by Crippen LogP contribution is -2.37. The molecule has 0 saturated carbocycles. The van der Waals surface area contributed by atoms with Gasteiger partial charge in [-0.05, 0) is 44.6 Å². The molecule has 1 aromatic carbocycles. The van der Waals surface area contributed by atoms with Crippen molar-refractivity contribution < 1.29 is 9.47 Å². The first kappa shape index (κ1) is 21.7. The van der Waals surface area contributed by atoms with Crippen molar-refractivity contribution in [2.24, 2.45) is 10.9 Å². The molecule has 152 valence electrons. The lowest BCUT2D eigenvalue weighted by atomic mass is 10.1. The molecule has 0 spiro atoms. The summed E-state index contributed by atoms with van der Waals surface area (Å²) in [5.41, 5.74) is 1.43. The van der Waals surface area contributed by atoms with Gasteiger partial charge >= 0.3 is 0 Å². The highest BCUT2D eigenvalue weighted by molar-refractivity contribution is 5.79. The zero-order valence-electron chi connectivity index (χ0n) is 16.9. The second-order valence-electron chi connectivity index (χ2n) is 7.14. The van der Waals surface area contributed by atoms with E-state index in [0.29, 0.717) is 5.92 Å². The van der Waals surface area contributed by atoms with Crippen LogP contribution in [-0.4, -0.2) is 52.0 Å². The first-order valence-corrected chi connectivity index (χ1v) is 10.6. The lowest BCUT2D eigenvalue weighted by molar-refractivity contribution is 0.0893. The first-order chi connectivity index (χ1) is 13.4. The average Bonchev–Trinajstić information content (AvgIpc) is 3.21. The summed E-state index contributed by atoms with van der Waals surface area (Å²) in [4.78, 5) is 4.64. The molecule has 0 amide bonds. The summed E-state index contributed by atoms with van der Waals surface area (Å²) >= 11 is 0. The third-order valence-electron chi connectivity index (χ3n) is 4.72. The summed E-state index contributed by atoms with van der Waals surface area (Å²) < 4.78 is 11.1. The quantitative estimate of drug-likeness (QED) is 0.315. The molecule has 1 atom stereocenters. The van der Waals surface area contributed by atoms with Crippen molar-refractivity contribution in [2.75, 3.05) is 46.1 Å². The van der Waals surface area contributed by atoms with Gasteiger partial charge in [0.25, 0.3) is 0 Å². The van der Waals surface area contributed by atoms with E-state index in [4.69, 9.17) is 9.47 Å². The number of nitrogens with zero attached hydrogens (tertiary/aromatic N) is 1. The number of hydrogen-bond donors (Lipinski definition) is 2. The van der Waals surface area contributed by atoms with Crippen molar-refractivity contribution >= 4 is 5.96 Å². The maximum Gasteiger partial charge on any atom is 0.191 e. The smallest absolute Gasteiger partial charge is 0.191 e. The van der Waals surface area contributed by atoms with Gasteiger partial charge in [0.2, 0.25) is 0 Å². The van der Waals surface area contributed by atoms with Crippen LogP contribution in [0.25, 0.3) is 0 Å². The van der Waals surface area contributed by atoms with E-state index < -0.39 is 0 Å². The predicted octanol–water partition coefficient (Wildman–Crippen LogP) is 3.40. The fourth-order valence-corrected chi connectivity index (χ4v) is 3.15. The van der Waals surface area contributed by atoms with Gasteiger partial charge in [-0.1, -0.05) is 36.8 Å². The number of unbranched alkanes of at least 4 members (excludes halogenated alkanes) is 2. The minimum atomic E-state index is 0.592. The van der Waals surface area contributed by atoms with E-state index in [2.05, 4.69) is 52.9 Å². The summed E-state index contributed by atoms with van der Waals surface area (Å²) in [5, 5.41) is 6.75. The van der Waals surface area contributed by atoms with Crippen LogP contribution < -0.4 is 10.6 Å². The first-order valence-electron chi connectivity index (χ1n) is 10.6. The van der Waals surface area contributed by atoms with Crippen LogP contribution in [0.1, 0.15) is 44.6 Å². The Labute approximate surface area is 164 Å². The van der Waals surface area contributed by atoms with Crippen molar-refractivity contribution in [3.63, 3.8) is 0 Å². The number of guanidine groups is 1. The predicted molar refractivity (Wildman–Crippen MR) is 112 cm³/mol. The van der Waals surface area contributed by atoms with Gasteiger partial charge in [0.15, 0.2) is 5.96 Å². The fraction of sp³-hybridized carbons (Fsp3) is 0.682. The van der Waals surface area contributed by atoms with Gasteiger partial charge in [-0.3, -0.25) is 4.99 Å². The van der Waals surface area contributed by atoms with Gasteiger partial charge in [-0.25, -0.2) is 0 Å². The Morgan fingerprint density at radius 2 is 2.04 bits per heavy atom. The van der Waals surface area contributed by atoms with E-state index in [0.717, 1.165) is 64.9 Å². The molecule has 0 bridgehead atoms. The van der Waals surface area contributed by atoms with Crippen LogP contribution in [0.15, 0.2) is 35.3 Å². The molecule has 1 aliphatic heterocycles. The second kappa shape index (κ2) is 14.5. The van der Waals surface area contributed by atoms with Crippen LogP contribution in [-0.2, 0) is 15.9 Å². The molecule has 0 aromatic heterocycles. The minimum absolute atomic E-state index is 0.592. The summed E-state index contributed by atoms with van der Waals surface area (Å²) in [5.74, 6) is 1.51. The summed E-state index contributed by atoms with van der Waals surface area (Å²) in [6.07, 6.45) is 6.91. The number of aliphatic imine (C=N–C) groups is 1. The third-order valence-corrected chi connectivity index (χ3v) is 4.72. The molecule has 0 radical (unpaired) electrons. The molecule has 27 heavy (non-hydrogen) atoms. The maximum absolute atomic E-state index is 5.73. The molecule has 5 heteroatoms. The SMILES string of the molecule is CCNC(=NCCCOCC1CCOC1)NCCCCCc1ccccc1. The van der Waals surface area contributed by atoms with Gasteiger partial charge in [-0.15, -0.1) is 0 Å². The van der Waals surface area contributed by atoms with Crippen molar-refractivity contribution in [3.05, 3.63) is 35.9 Å². The zero-order chi connectivity index (χ0) is 19.0. The molecule has 5 nitrogen and oxygen atoms in total. The number of aryl methyl sites for hydroxylation is 1. The normalized spacial score (nSPS) is 17.2. The second-order valence-corrected chi connectivity index (χ2v) is 7.14. The maximum atomic E-state index is 5.73. The topological polar surface area (TPSA) is 54.9 Å². The van der Waals surface area contributed by atoms with Crippen LogP contribution in [0.2, 0.25) is 0 Å². The van der Waals surface area contributed by atoms with Gasteiger partial charge in [-0.2, -0.15) is 0 Å². The lowest BCUT2D eigenvalue weighted by Gasteiger charge is -2.11. The van der Waals surface area contributed by atoms with Crippen molar-refractivity contribution in [2.45, 2.75) is 45.4 Å².